The van der Waals surface area contributed by atoms with E-state index in [9.17, 15) is 4.79 Å². The van der Waals surface area contributed by atoms with Gasteiger partial charge in [0.1, 0.15) is 5.82 Å². The third kappa shape index (κ3) is 3.64. The zero-order valence-corrected chi connectivity index (χ0v) is 12.1. The van der Waals surface area contributed by atoms with E-state index in [4.69, 9.17) is 0 Å². The van der Waals surface area contributed by atoms with Gasteiger partial charge in [-0.2, -0.15) is 0 Å². The standard InChI is InChI=1S/C15H16N2OS/c1-10-4-6-13(7-5-10)19-9-15-16-8-14(12(3)18)11(2)17-15/h4-8H,9H2,1-3H3. The minimum absolute atomic E-state index is 0.00948. The van der Waals surface area contributed by atoms with Crippen molar-refractivity contribution in [2.24, 2.45) is 0 Å². The average Bonchev–Trinajstić information content (AvgIpc) is 2.37. The van der Waals surface area contributed by atoms with E-state index in [1.165, 1.54) is 17.4 Å². The van der Waals surface area contributed by atoms with E-state index in [1.54, 1.807) is 18.0 Å². The maximum Gasteiger partial charge on any atom is 0.163 e. The van der Waals surface area contributed by atoms with Crippen molar-refractivity contribution in [3.63, 3.8) is 0 Å². The Labute approximate surface area is 117 Å². The highest BCUT2D eigenvalue weighted by molar-refractivity contribution is 7.98. The van der Waals surface area contributed by atoms with Crippen LogP contribution in [0.15, 0.2) is 35.4 Å². The first-order valence-corrected chi connectivity index (χ1v) is 7.08. The predicted octanol–water partition coefficient (Wildman–Crippen LogP) is 3.59. The zero-order valence-electron chi connectivity index (χ0n) is 11.3. The van der Waals surface area contributed by atoms with E-state index in [0.717, 1.165) is 11.5 Å². The number of carbonyl (C=O) groups excluding carboxylic acids is 1. The highest BCUT2D eigenvalue weighted by atomic mass is 32.2. The van der Waals surface area contributed by atoms with Gasteiger partial charge in [-0.1, -0.05) is 17.7 Å². The molecule has 0 N–H and O–H groups in total. The van der Waals surface area contributed by atoms with Crippen molar-refractivity contribution < 1.29 is 4.79 Å². The van der Waals surface area contributed by atoms with E-state index >= 15 is 0 Å². The monoisotopic (exact) mass is 272 g/mol. The lowest BCUT2D eigenvalue weighted by Gasteiger charge is -2.05. The van der Waals surface area contributed by atoms with Gasteiger partial charge in [-0.15, -0.1) is 11.8 Å². The summed E-state index contributed by atoms with van der Waals surface area (Å²) in [4.78, 5) is 21.1. The Bertz CT molecular complexity index is 594. The molecule has 98 valence electrons. The van der Waals surface area contributed by atoms with Crippen molar-refractivity contribution in [1.82, 2.24) is 9.97 Å². The molecule has 0 aliphatic heterocycles. The van der Waals surface area contributed by atoms with Crippen molar-refractivity contribution >= 4 is 17.5 Å². The summed E-state index contributed by atoms with van der Waals surface area (Å²) in [6, 6.07) is 8.37. The molecule has 1 aromatic carbocycles. The Morgan fingerprint density at radius 1 is 1.21 bits per heavy atom. The number of aromatic nitrogens is 2. The average molecular weight is 272 g/mol. The number of hydrogen-bond acceptors (Lipinski definition) is 4. The molecule has 2 aromatic rings. The lowest BCUT2D eigenvalue weighted by atomic mass is 10.2. The van der Waals surface area contributed by atoms with Crippen LogP contribution in [0.1, 0.15) is 34.4 Å². The fraction of sp³-hybridized carbons (Fsp3) is 0.267. The number of hydrogen-bond donors (Lipinski definition) is 0. The SMILES string of the molecule is CC(=O)c1cnc(CSc2ccc(C)cc2)nc1C. The van der Waals surface area contributed by atoms with Crippen LogP contribution in [0.3, 0.4) is 0 Å². The van der Waals surface area contributed by atoms with E-state index in [1.807, 2.05) is 6.92 Å². The number of rotatable bonds is 4. The molecule has 0 saturated heterocycles. The fourth-order valence-corrected chi connectivity index (χ4v) is 2.48. The predicted molar refractivity (Wildman–Crippen MR) is 77.5 cm³/mol. The summed E-state index contributed by atoms with van der Waals surface area (Å²) in [5, 5.41) is 0. The van der Waals surface area contributed by atoms with Gasteiger partial charge in [0.15, 0.2) is 5.78 Å². The van der Waals surface area contributed by atoms with Crippen molar-refractivity contribution in [3.05, 3.63) is 53.1 Å². The molecule has 0 fully saturated rings. The summed E-state index contributed by atoms with van der Waals surface area (Å²) in [7, 11) is 0. The van der Waals surface area contributed by atoms with Crippen LogP contribution >= 0.6 is 11.8 Å². The Morgan fingerprint density at radius 3 is 2.47 bits per heavy atom. The largest absolute Gasteiger partial charge is 0.294 e. The first-order valence-electron chi connectivity index (χ1n) is 6.09. The topological polar surface area (TPSA) is 42.9 Å². The molecule has 0 spiro atoms. The molecule has 0 aliphatic rings. The Balaban J connectivity index is 2.06. The number of Topliss-reactive ketones (excluding diaryl/α,β-unsaturated/α-hetero) is 1. The minimum Gasteiger partial charge on any atom is -0.294 e. The second-order valence-corrected chi connectivity index (χ2v) is 5.49. The maximum atomic E-state index is 11.3. The van der Waals surface area contributed by atoms with E-state index in [-0.39, 0.29) is 5.78 Å². The van der Waals surface area contributed by atoms with Gasteiger partial charge in [0.05, 0.1) is 17.0 Å². The van der Waals surface area contributed by atoms with Gasteiger partial charge in [0, 0.05) is 11.1 Å². The van der Waals surface area contributed by atoms with Gasteiger partial charge in [-0.05, 0) is 32.9 Å². The number of benzene rings is 1. The number of carbonyl (C=O) groups is 1. The molecule has 0 atom stereocenters. The molecule has 0 unspecified atom stereocenters. The van der Waals surface area contributed by atoms with Crippen LogP contribution in [0, 0.1) is 13.8 Å². The molecule has 3 nitrogen and oxygen atoms in total. The quantitative estimate of drug-likeness (QED) is 0.630. The van der Waals surface area contributed by atoms with Crippen LogP contribution < -0.4 is 0 Å². The molecule has 0 saturated carbocycles. The van der Waals surface area contributed by atoms with Gasteiger partial charge < -0.3 is 0 Å². The van der Waals surface area contributed by atoms with E-state index < -0.39 is 0 Å². The van der Waals surface area contributed by atoms with Gasteiger partial charge in [-0.25, -0.2) is 9.97 Å². The highest BCUT2D eigenvalue weighted by Gasteiger charge is 2.07. The van der Waals surface area contributed by atoms with Gasteiger partial charge >= 0.3 is 0 Å². The third-order valence-corrected chi connectivity index (χ3v) is 3.81. The van der Waals surface area contributed by atoms with Crippen molar-refractivity contribution in [2.45, 2.75) is 31.4 Å². The first kappa shape index (κ1) is 13.7. The third-order valence-electron chi connectivity index (χ3n) is 2.80. The molecule has 1 aromatic heterocycles. The van der Waals surface area contributed by atoms with Crippen molar-refractivity contribution in [1.29, 1.82) is 0 Å². The Hall–Kier alpha value is -1.68. The molecule has 0 bridgehead atoms. The molecular formula is C15H16N2OS. The van der Waals surface area contributed by atoms with Crippen LogP contribution in [-0.4, -0.2) is 15.8 Å². The van der Waals surface area contributed by atoms with Crippen molar-refractivity contribution in [2.75, 3.05) is 0 Å². The van der Waals surface area contributed by atoms with Gasteiger partial charge in [-0.3, -0.25) is 4.79 Å². The van der Waals surface area contributed by atoms with E-state index in [2.05, 4.69) is 41.2 Å². The molecule has 4 heteroatoms. The highest BCUT2D eigenvalue weighted by Crippen LogP contribution is 2.21. The molecule has 1 heterocycles. The molecular weight excluding hydrogens is 256 g/mol. The lowest BCUT2D eigenvalue weighted by molar-refractivity contribution is 0.101. The van der Waals surface area contributed by atoms with Crippen LogP contribution in [0.4, 0.5) is 0 Å². The Kier molecular flexibility index (Phi) is 4.32. The zero-order chi connectivity index (χ0) is 13.8. The van der Waals surface area contributed by atoms with Crippen molar-refractivity contribution in [3.8, 4) is 0 Å². The summed E-state index contributed by atoms with van der Waals surface area (Å²) >= 11 is 1.70. The second kappa shape index (κ2) is 5.97. The van der Waals surface area contributed by atoms with Gasteiger partial charge in [0.25, 0.3) is 0 Å². The molecule has 19 heavy (non-hydrogen) atoms. The second-order valence-electron chi connectivity index (χ2n) is 4.44. The normalized spacial score (nSPS) is 10.5. The molecule has 0 radical (unpaired) electrons. The number of ketones is 1. The fourth-order valence-electron chi connectivity index (χ4n) is 1.71. The summed E-state index contributed by atoms with van der Waals surface area (Å²) < 4.78 is 0. The molecule has 0 amide bonds. The minimum atomic E-state index is 0.00948. The summed E-state index contributed by atoms with van der Waals surface area (Å²) in [6.07, 6.45) is 1.62. The smallest absolute Gasteiger partial charge is 0.163 e. The summed E-state index contributed by atoms with van der Waals surface area (Å²) in [5.74, 6) is 1.48. The maximum absolute atomic E-state index is 11.3. The number of thioether (sulfide) groups is 1. The first-order chi connectivity index (χ1) is 9.06. The van der Waals surface area contributed by atoms with Crippen LogP contribution in [0.25, 0.3) is 0 Å². The van der Waals surface area contributed by atoms with Crippen LogP contribution in [0.2, 0.25) is 0 Å². The molecule has 0 aliphatic carbocycles. The molecule has 2 rings (SSSR count). The van der Waals surface area contributed by atoms with Crippen LogP contribution in [-0.2, 0) is 5.75 Å². The van der Waals surface area contributed by atoms with Gasteiger partial charge in [0.2, 0.25) is 0 Å². The van der Waals surface area contributed by atoms with Crippen LogP contribution in [0.5, 0.6) is 0 Å². The lowest BCUT2D eigenvalue weighted by Crippen LogP contribution is -2.03. The number of aryl methyl sites for hydroxylation is 2. The Morgan fingerprint density at radius 2 is 1.89 bits per heavy atom. The summed E-state index contributed by atoms with van der Waals surface area (Å²) in [6.45, 7) is 5.45. The number of nitrogens with zero attached hydrogens (tertiary/aromatic N) is 2. The van der Waals surface area contributed by atoms with E-state index in [0.29, 0.717) is 11.3 Å². The summed E-state index contributed by atoms with van der Waals surface area (Å²) in [5.41, 5.74) is 2.60.